The Labute approximate surface area is 176 Å². The molecular weight excluding hydrogens is 376 g/mol. The van der Waals surface area contributed by atoms with Crippen LogP contribution in [0.1, 0.15) is 48.9 Å². The van der Waals surface area contributed by atoms with Crippen molar-refractivity contribution >= 4 is 28.4 Å². The summed E-state index contributed by atoms with van der Waals surface area (Å²) in [7, 11) is 0. The number of nitrogens with one attached hydrogen (secondary N) is 1. The van der Waals surface area contributed by atoms with E-state index in [1.165, 1.54) is 0 Å². The van der Waals surface area contributed by atoms with Gasteiger partial charge in [0.15, 0.2) is 0 Å². The average molecular weight is 402 g/mol. The second-order valence-electron chi connectivity index (χ2n) is 7.80. The van der Waals surface area contributed by atoms with Crippen LogP contribution in [-0.4, -0.2) is 33.2 Å². The fourth-order valence-corrected chi connectivity index (χ4v) is 4.27. The van der Waals surface area contributed by atoms with Crippen molar-refractivity contribution in [3.05, 3.63) is 77.0 Å². The number of fused-ring (bicyclic) bond motifs is 1. The molecule has 2 heterocycles. The Morgan fingerprint density at radius 2 is 1.80 bits per heavy atom. The van der Waals surface area contributed by atoms with E-state index in [0.717, 1.165) is 41.3 Å². The third-order valence-corrected chi connectivity index (χ3v) is 5.87. The predicted octanol–water partition coefficient (Wildman–Crippen LogP) is 5.09. The lowest BCUT2D eigenvalue weighted by atomic mass is 9.92. The first-order valence-corrected chi connectivity index (χ1v) is 10.4. The van der Waals surface area contributed by atoms with E-state index in [4.69, 9.17) is 0 Å². The van der Waals surface area contributed by atoms with Crippen LogP contribution in [0.25, 0.3) is 16.7 Å². The number of hydrogen-bond acceptors (Lipinski definition) is 3. The quantitative estimate of drug-likeness (QED) is 0.261. The molecule has 2 aromatic carbocycles. The number of ketones is 1. The first kappa shape index (κ1) is 20.0. The van der Waals surface area contributed by atoms with E-state index < -0.39 is 17.7 Å². The number of unbranched alkanes of at least 4 members (excludes halogenated alkanes) is 2. The van der Waals surface area contributed by atoms with Gasteiger partial charge in [-0.3, -0.25) is 9.59 Å². The van der Waals surface area contributed by atoms with Crippen molar-refractivity contribution in [3.8, 4) is 0 Å². The first-order chi connectivity index (χ1) is 14.5. The van der Waals surface area contributed by atoms with Crippen LogP contribution in [0.4, 0.5) is 0 Å². The Hall–Kier alpha value is -3.34. The third-order valence-electron chi connectivity index (χ3n) is 5.87. The van der Waals surface area contributed by atoms with Crippen LogP contribution < -0.4 is 0 Å². The Bertz CT molecular complexity index is 1140. The van der Waals surface area contributed by atoms with E-state index >= 15 is 0 Å². The molecule has 3 aromatic rings. The van der Waals surface area contributed by atoms with Gasteiger partial charge < -0.3 is 15.0 Å². The standard InChI is InChI=1S/C25H26N2O3/c1-3-4-9-14-27-22(17-11-6-5-10-16(17)2)21(24(29)25(27)30)23(28)19-15-26-20-13-8-7-12-18(19)20/h5-8,10-13,15,22,26,28H,3-4,9,14H2,1-2H3/b23-21+. The highest BCUT2D eigenvalue weighted by Crippen LogP contribution is 2.41. The zero-order valence-electron chi connectivity index (χ0n) is 17.3. The summed E-state index contributed by atoms with van der Waals surface area (Å²) in [5.41, 5.74) is 3.42. The van der Waals surface area contributed by atoms with Crippen molar-refractivity contribution in [1.29, 1.82) is 0 Å². The van der Waals surface area contributed by atoms with Crippen molar-refractivity contribution in [2.24, 2.45) is 0 Å². The molecule has 30 heavy (non-hydrogen) atoms. The Balaban J connectivity index is 1.89. The van der Waals surface area contributed by atoms with E-state index in [1.807, 2.05) is 55.5 Å². The molecule has 154 valence electrons. The molecule has 1 aliphatic heterocycles. The summed E-state index contributed by atoms with van der Waals surface area (Å²) in [4.78, 5) is 30.8. The molecule has 1 atom stereocenters. The maximum Gasteiger partial charge on any atom is 0.295 e. The lowest BCUT2D eigenvalue weighted by molar-refractivity contribution is -0.139. The number of aromatic nitrogens is 1. The molecule has 1 aromatic heterocycles. The highest BCUT2D eigenvalue weighted by molar-refractivity contribution is 6.46. The average Bonchev–Trinajstić information content (AvgIpc) is 3.29. The maximum absolute atomic E-state index is 13.1. The van der Waals surface area contributed by atoms with Crippen LogP contribution in [0.15, 0.2) is 60.3 Å². The summed E-state index contributed by atoms with van der Waals surface area (Å²) in [6.07, 6.45) is 4.51. The number of rotatable bonds is 6. The number of likely N-dealkylation sites (tertiary alicyclic amines) is 1. The van der Waals surface area contributed by atoms with Crippen LogP contribution in [-0.2, 0) is 9.59 Å². The van der Waals surface area contributed by atoms with E-state index in [9.17, 15) is 14.7 Å². The van der Waals surface area contributed by atoms with Gasteiger partial charge in [0, 0.05) is 29.2 Å². The van der Waals surface area contributed by atoms with Crippen molar-refractivity contribution < 1.29 is 14.7 Å². The second-order valence-corrected chi connectivity index (χ2v) is 7.80. The summed E-state index contributed by atoms with van der Waals surface area (Å²) in [6, 6.07) is 14.7. The second kappa shape index (κ2) is 8.19. The smallest absolute Gasteiger partial charge is 0.295 e. The van der Waals surface area contributed by atoms with Gasteiger partial charge in [-0.15, -0.1) is 0 Å². The molecule has 4 rings (SSSR count). The molecule has 1 unspecified atom stereocenters. The highest BCUT2D eigenvalue weighted by atomic mass is 16.3. The molecule has 5 heteroatoms. The minimum Gasteiger partial charge on any atom is -0.507 e. The number of Topliss-reactive ketones (excluding diaryl/α,β-unsaturated/α-hetero) is 1. The number of nitrogens with zero attached hydrogens (tertiary/aromatic N) is 1. The molecule has 0 bridgehead atoms. The Kier molecular flexibility index (Phi) is 5.44. The molecule has 1 saturated heterocycles. The highest BCUT2D eigenvalue weighted by Gasteiger charge is 2.46. The zero-order valence-corrected chi connectivity index (χ0v) is 17.3. The van der Waals surface area contributed by atoms with Crippen LogP contribution in [0.2, 0.25) is 0 Å². The number of amides is 1. The molecule has 1 fully saturated rings. The predicted molar refractivity (Wildman–Crippen MR) is 118 cm³/mol. The Morgan fingerprint density at radius 1 is 1.07 bits per heavy atom. The van der Waals surface area contributed by atoms with E-state index in [2.05, 4.69) is 11.9 Å². The number of H-pyrrole nitrogens is 1. The van der Waals surface area contributed by atoms with Gasteiger partial charge in [0.05, 0.1) is 11.6 Å². The van der Waals surface area contributed by atoms with Gasteiger partial charge in [-0.25, -0.2) is 0 Å². The molecule has 5 nitrogen and oxygen atoms in total. The normalized spacial score (nSPS) is 18.5. The van der Waals surface area contributed by atoms with Crippen molar-refractivity contribution in [2.75, 3.05) is 6.54 Å². The summed E-state index contributed by atoms with van der Waals surface area (Å²) >= 11 is 0. The Morgan fingerprint density at radius 3 is 2.57 bits per heavy atom. The van der Waals surface area contributed by atoms with Gasteiger partial charge in [-0.1, -0.05) is 62.2 Å². The number of para-hydroxylation sites is 1. The third kappa shape index (κ3) is 3.30. The number of carbonyl (C=O) groups is 2. The van der Waals surface area contributed by atoms with Gasteiger partial charge >= 0.3 is 0 Å². The van der Waals surface area contributed by atoms with Gasteiger partial charge in [0.1, 0.15) is 5.76 Å². The fraction of sp³-hybridized carbons (Fsp3) is 0.280. The topological polar surface area (TPSA) is 73.4 Å². The number of aliphatic hydroxyl groups excluding tert-OH is 1. The van der Waals surface area contributed by atoms with E-state index in [0.29, 0.717) is 12.1 Å². The van der Waals surface area contributed by atoms with Crippen LogP contribution in [0.3, 0.4) is 0 Å². The number of hydrogen-bond donors (Lipinski definition) is 2. The SMILES string of the molecule is CCCCCN1C(=O)C(=O)/C(=C(/O)c2c[nH]c3ccccc23)C1c1ccccc1C. The van der Waals surface area contributed by atoms with E-state index in [1.54, 1.807) is 11.1 Å². The summed E-state index contributed by atoms with van der Waals surface area (Å²) in [6.45, 7) is 4.55. The van der Waals surface area contributed by atoms with Crippen LogP contribution in [0, 0.1) is 6.92 Å². The van der Waals surface area contributed by atoms with Gasteiger partial charge in [-0.05, 0) is 30.5 Å². The fourth-order valence-electron chi connectivity index (χ4n) is 4.27. The minimum atomic E-state index is -0.623. The van der Waals surface area contributed by atoms with E-state index in [-0.39, 0.29) is 11.3 Å². The molecule has 0 spiro atoms. The van der Waals surface area contributed by atoms with Crippen molar-refractivity contribution in [2.45, 2.75) is 39.2 Å². The molecule has 0 saturated carbocycles. The summed E-state index contributed by atoms with van der Waals surface area (Å²) < 4.78 is 0. The van der Waals surface area contributed by atoms with Crippen LogP contribution in [0.5, 0.6) is 0 Å². The molecule has 0 aliphatic carbocycles. The summed E-state index contributed by atoms with van der Waals surface area (Å²) in [5, 5.41) is 12.1. The van der Waals surface area contributed by atoms with Gasteiger partial charge in [0.25, 0.3) is 11.7 Å². The number of carbonyl (C=O) groups excluding carboxylic acids is 2. The number of aliphatic hydroxyl groups is 1. The molecular formula is C25H26N2O3. The lowest BCUT2D eigenvalue weighted by Crippen LogP contribution is -2.31. The molecule has 1 aliphatic rings. The molecule has 0 radical (unpaired) electrons. The minimum absolute atomic E-state index is 0.128. The number of aryl methyl sites for hydroxylation is 1. The van der Waals surface area contributed by atoms with Crippen molar-refractivity contribution in [1.82, 2.24) is 9.88 Å². The largest absolute Gasteiger partial charge is 0.507 e. The first-order valence-electron chi connectivity index (χ1n) is 10.4. The number of aromatic amines is 1. The molecule has 2 N–H and O–H groups in total. The summed E-state index contributed by atoms with van der Waals surface area (Å²) in [5.74, 6) is -1.29. The maximum atomic E-state index is 13.1. The number of benzene rings is 2. The van der Waals surface area contributed by atoms with Gasteiger partial charge in [-0.2, -0.15) is 0 Å². The van der Waals surface area contributed by atoms with Crippen LogP contribution >= 0.6 is 0 Å². The van der Waals surface area contributed by atoms with Gasteiger partial charge in [0.2, 0.25) is 0 Å². The molecule has 1 amide bonds. The van der Waals surface area contributed by atoms with Crippen molar-refractivity contribution in [3.63, 3.8) is 0 Å². The lowest BCUT2D eigenvalue weighted by Gasteiger charge is -2.26. The zero-order chi connectivity index (χ0) is 21.3. The monoisotopic (exact) mass is 402 g/mol.